The van der Waals surface area contributed by atoms with E-state index in [0.717, 1.165) is 22.0 Å². The fourth-order valence-electron chi connectivity index (χ4n) is 2.06. The Morgan fingerprint density at radius 1 is 1.15 bits per heavy atom. The summed E-state index contributed by atoms with van der Waals surface area (Å²) in [5.41, 5.74) is 8.04. The van der Waals surface area contributed by atoms with Crippen LogP contribution in [0.4, 0.5) is 5.82 Å². The molecular weight excluding hydrogens is 270 g/mol. The molecule has 0 fully saturated rings. The lowest BCUT2D eigenvalue weighted by Gasteiger charge is -2.26. The molecule has 0 bridgehead atoms. The van der Waals surface area contributed by atoms with E-state index in [2.05, 4.69) is 22.9 Å². The fourth-order valence-corrected chi connectivity index (χ4v) is 2.26. The molecule has 0 aliphatic rings. The van der Waals surface area contributed by atoms with Crippen LogP contribution in [0.15, 0.2) is 42.6 Å². The lowest BCUT2D eigenvalue weighted by Crippen LogP contribution is -2.22. The van der Waals surface area contributed by atoms with Gasteiger partial charge in [0.05, 0.1) is 6.04 Å². The van der Waals surface area contributed by atoms with E-state index in [-0.39, 0.29) is 12.1 Å². The Bertz CT molecular complexity index is 566. The van der Waals surface area contributed by atoms with Crippen LogP contribution < -0.4 is 10.6 Å². The highest BCUT2D eigenvalue weighted by molar-refractivity contribution is 6.30. The van der Waals surface area contributed by atoms with Crippen molar-refractivity contribution >= 4 is 17.4 Å². The van der Waals surface area contributed by atoms with Gasteiger partial charge in [-0.15, -0.1) is 0 Å². The second-order valence-electron chi connectivity index (χ2n) is 5.08. The first-order valence-corrected chi connectivity index (χ1v) is 7.06. The maximum absolute atomic E-state index is 6.05. The summed E-state index contributed by atoms with van der Waals surface area (Å²) in [5, 5.41) is 0.753. The number of aromatic nitrogens is 1. The number of hydrogen-bond acceptors (Lipinski definition) is 3. The van der Waals surface area contributed by atoms with Crippen molar-refractivity contribution in [3.63, 3.8) is 0 Å². The zero-order valence-electron chi connectivity index (χ0n) is 12.0. The molecule has 2 N–H and O–H groups in total. The van der Waals surface area contributed by atoms with E-state index < -0.39 is 0 Å². The smallest absolute Gasteiger partial charge is 0.128 e. The molecule has 0 aliphatic heterocycles. The molecule has 1 heterocycles. The van der Waals surface area contributed by atoms with E-state index in [1.165, 1.54) is 0 Å². The van der Waals surface area contributed by atoms with Gasteiger partial charge in [-0.1, -0.05) is 29.8 Å². The average molecular weight is 290 g/mol. The zero-order valence-corrected chi connectivity index (χ0v) is 12.8. The molecule has 20 heavy (non-hydrogen) atoms. The highest BCUT2D eigenvalue weighted by atomic mass is 35.5. The third kappa shape index (κ3) is 3.30. The Labute approximate surface area is 125 Å². The second kappa shape index (κ2) is 6.25. The SMILES string of the molecule is CC(c1cccc(Cl)c1)N(C)c1ccc([C@@H](C)N)cn1. The van der Waals surface area contributed by atoms with E-state index in [1.54, 1.807) is 0 Å². The number of halogens is 1. The van der Waals surface area contributed by atoms with E-state index >= 15 is 0 Å². The summed E-state index contributed by atoms with van der Waals surface area (Å²) in [6.45, 7) is 4.09. The molecule has 106 valence electrons. The molecule has 0 amide bonds. The van der Waals surface area contributed by atoms with Gasteiger partial charge in [0, 0.05) is 24.3 Å². The van der Waals surface area contributed by atoms with Crippen LogP contribution in [0.1, 0.15) is 37.1 Å². The lowest BCUT2D eigenvalue weighted by atomic mass is 10.1. The summed E-state index contributed by atoms with van der Waals surface area (Å²) >= 11 is 6.05. The number of nitrogens with zero attached hydrogens (tertiary/aromatic N) is 2. The molecule has 1 aromatic heterocycles. The van der Waals surface area contributed by atoms with Gasteiger partial charge in [0.25, 0.3) is 0 Å². The van der Waals surface area contributed by atoms with Crippen molar-refractivity contribution in [1.82, 2.24) is 4.98 Å². The lowest BCUT2D eigenvalue weighted by molar-refractivity contribution is 0.726. The normalized spacial score (nSPS) is 13.8. The molecule has 0 spiro atoms. The first-order valence-electron chi connectivity index (χ1n) is 6.69. The second-order valence-corrected chi connectivity index (χ2v) is 5.52. The highest BCUT2D eigenvalue weighted by Gasteiger charge is 2.14. The first kappa shape index (κ1) is 14.8. The molecule has 1 unspecified atom stereocenters. The maximum atomic E-state index is 6.05. The molecule has 2 atom stereocenters. The van der Waals surface area contributed by atoms with Crippen LogP contribution in [0.25, 0.3) is 0 Å². The number of nitrogens with two attached hydrogens (primary N) is 1. The van der Waals surface area contributed by atoms with E-state index in [0.29, 0.717) is 0 Å². The third-order valence-corrected chi connectivity index (χ3v) is 3.81. The average Bonchev–Trinajstić information content (AvgIpc) is 2.46. The van der Waals surface area contributed by atoms with E-state index in [1.807, 2.05) is 50.5 Å². The molecule has 4 heteroatoms. The third-order valence-electron chi connectivity index (χ3n) is 3.57. The predicted octanol–water partition coefficient (Wildman–Crippen LogP) is 3.95. The Morgan fingerprint density at radius 2 is 1.90 bits per heavy atom. The summed E-state index contributed by atoms with van der Waals surface area (Å²) in [4.78, 5) is 6.60. The Morgan fingerprint density at radius 3 is 2.45 bits per heavy atom. The fraction of sp³-hybridized carbons (Fsp3) is 0.312. The maximum Gasteiger partial charge on any atom is 0.128 e. The molecular formula is C16H20ClN3. The molecule has 0 saturated heterocycles. The molecule has 3 nitrogen and oxygen atoms in total. The van der Waals surface area contributed by atoms with Gasteiger partial charge in [0.15, 0.2) is 0 Å². The predicted molar refractivity (Wildman–Crippen MR) is 85.1 cm³/mol. The van der Waals surface area contributed by atoms with Gasteiger partial charge in [0.1, 0.15) is 5.82 Å². The van der Waals surface area contributed by atoms with Crippen molar-refractivity contribution in [2.45, 2.75) is 25.9 Å². The topological polar surface area (TPSA) is 42.1 Å². The van der Waals surface area contributed by atoms with Crippen molar-refractivity contribution in [2.75, 3.05) is 11.9 Å². The quantitative estimate of drug-likeness (QED) is 0.926. The number of hydrogen-bond donors (Lipinski definition) is 1. The molecule has 0 aliphatic carbocycles. The van der Waals surface area contributed by atoms with Crippen LogP contribution in [0.5, 0.6) is 0 Å². The number of pyridine rings is 1. The first-order chi connectivity index (χ1) is 9.49. The minimum absolute atomic E-state index is 0.00668. The van der Waals surface area contributed by atoms with Crippen molar-refractivity contribution in [3.8, 4) is 0 Å². The van der Waals surface area contributed by atoms with E-state index in [9.17, 15) is 0 Å². The molecule has 2 aromatic rings. The molecule has 0 radical (unpaired) electrons. The van der Waals surface area contributed by atoms with Gasteiger partial charge in [-0.05, 0) is 43.2 Å². The van der Waals surface area contributed by atoms with Crippen LogP contribution in [-0.2, 0) is 0 Å². The van der Waals surface area contributed by atoms with Crippen molar-refractivity contribution in [3.05, 3.63) is 58.7 Å². The summed E-state index contributed by atoms with van der Waals surface area (Å²) in [5.74, 6) is 0.918. The largest absolute Gasteiger partial charge is 0.353 e. The summed E-state index contributed by atoms with van der Waals surface area (Å²) < 4.78 is 0. The Hall–Kier alpha value is -1.58. The van der Waals surface area contributed by atoms with Crippen LogP contribution in [0.3, 0.4) is 0 Å². The standard InChI is InChI=1S/C16H20ClN3/c1-11(18)14-7-8-16(19-10-14)20(3)12(2)13-5-4-6-15(17)9-13/h4-12H,18H2,1-3H3/t11-,12?/m1/s1. The van der Waals surface area contributed by atoms with E-state index in [4.69, 9.17) is 17.3 Å². The summed E-state index contributed by atoms with van der Waals surface area (Å²) in [6, 6.07) is 12.1. The van der Waals surface area contributed by atoms with Gasteiger partial charge in [-0.2, -0.15) is 0 Å². The van der Waals surface area contributed by atoms with Crippen LogP contribution >= 0.6 is 11.6 Å². The minimum atomic E-state index is 0.00668. The molecule has 2 rings (SSSR count). The number of benzene rings is 1. The van der Waals surface area contributed by atoms with Gasteiger partial charge in [-0.25, -0.2) is 4.98 Å². The molecule has 1 aromatic carbocycles. The number of rotatable bonds is 4. The van der Waals surface area contributed by atoms with Crippen molar-refractivity contribution in [2.24, 2.45) is 5.73 Å². The zero-order chi connectivity index (χ0) is 14.7. The Kier molecular flexibility index (Phi) is 4.63. The van der Waals surface area contributed by atoms with Gasteiger partial charge in [0.2, 0.25) is 0 Å². The minimum Gasteiger partial charge on any atom is -0.353 e. The van der Waals surface area contributed by atoms with Gasteiger partial charge < -0.3 is 10.6 Å². The Balaban J connectivity index is 2.20. The summed E-state index contributed by atoms with van der Waals surface area (Å²) in [6.07, 6.45) is 1.83. The van der Waals surface area contributed by atoms with Gasteiger partial charge >= 0.3 is 0 Å². The van der Waals surface area contributed by atoms with Crippen LogP contribution in [0.2, 0.25) is 5.02 Å². The monoisotopic (exact) mass is 289 g/mol. The van der Waals surface area contributed by atoms with Crippen LogP contribution in [-0.4, -0.2) is 12.0 Å². The van der Waals surface area contributed by atoms with Gasteiger partial charge in [-0.3, -0.25) is 0 Å². The van der Waals surface area contributed by atoms with Crippen molar-refractivity contribution < 1.29 is 0 Å². The van der Waals surface area contributed by atoms with Crippen LogP contribution in [0, 0.1) is 0 Å². The van der Waals surface area contributed by atoms with Crippen molar-refractivity contribution in [1.29, 1.82) is 0 Å². The molecule has 0 saturated carbocycles. The number of anilines is 1. The summed E-state index contributed by atoms with van der Waals surface area (Å²) in [7, 11) is 2.03. The highest BCUT2D eigenvalue weighted by Crippen LogP contribution is 2.26.